The van der Waals surface area contributed by atoms with E-state index in [-0.39, 0.29) is 48.1 Å². The Morgan fingerprint density at radius 1 is 0.891 bits per heavy atom. The summed E-state index contributed by atoms with van der Waals surface area (Å²) in [5.41, 5.74) is 6.89. The largest absolute Gasteiger partial charge is 0.496 e. The van der Waals surface area contributed by atoms with Gasteiger partial charge in [0.25, 0.3) is 17.7 Å². The second-order valence-electron chi connectivity index (χ2n) is 13.9. The highest BCUT2D eigenvalue weighted by molar-refractivity contribution is 6.24. The predicted octanol–water partition coefficient (Wildman–Crippen LogP) is 4.34. The van der Waals surface area contributed by atoms with Gasteiger partial charge in [-0.2, -0.15) is 0 Å². The Balaban J connectivity index is 0.910. The number of hydrogen-bond acceptors (Lipinski definition) is 10. The van der Waals surface area contributed by atoms with E-state index in [1.54, 1.807) is 36.5 Å². The molecule has 0 bridgehead atoms. The van der Waals surface area contributed by atoms with Crippen LogP contribution in [0, 0.1) is 11.8 Å². The molecule has 4 N–H and O–H groups in total. The maximum atomic E-state index is 13.2. The fraction of sp³-hybridized carbons (Fsp3) is 0.439. The lowest BCUT2D eigenvalue weighted by molar-refractivity contribution is -0.136. The molecule has 4 heterocycles. The SMILES string of the molecule is COc1cc2c(OCC3CCC(=O)N3)ncc(C#CCCCCCCCCCCOc3cccc4c3C(=O)N(C3CCC(=O)NC3=O)C4=O)c2cc1C(N)=O. The van der Waals surface area contributed by atoms with Crippen molar-refractivity contribution in [3.8, 4) is 29.2 Å². The number of nitrogens with zero attached hydrogens (tertiary/aromatic N) is 2. The van der Waals surface area contributed by atoms with Gasteiger partial charge in [-0.05, 0) is 49.9 Å². The van der Waals surface area contributed by atoms with Crippen LogP contribution >= 0.6 is 0 Å². The number of pyridine rings is 1. The molecule has 2 fully saturated rings. The molecule has 14 heteroatoms. The summed E-state index contributed by atoms with van der Waals surface area (Å²) in [5.74, 6) is 4.65. The average Bonchev–Trinajstić information content (AvgIpc) is 3.71. The van der Waals surface area contributed by atoms with Crippen molar-refractivity contribution in [2.24, 2.45) is 5.73 Å². The monoisotopic (exact) mass is 751 g/mol. The highest BCUT2D eigenvalue weighted by Crippen LogP contribution is 2.35. The van der Waals surface area contributed by atoms with Gasteiger partial charge in [-0.1, -0.05) is 56.4 Å². The van der Waals surface area contributed by atoms with Crippen molar-refractivity contribution in [2.45, 2.75) is 95.6 Å². The maximum absolute atomic E-state index is 13.2. The van der Waals surface area contributed by atoms with Crippen molar-refractivity contribution in [3.63, 3.8) is 0 Å². The first kappa shape index (κ1) is 38.7. The minimum absolute atomic E-state index is 0.00164. The molecule has 0 saturated carbocycles. The second-order valence-corrected chi connectivity index (χ2v) is 13.9. The number of unbranched alkanes of at least 4 members (excludes halogenated alkanes) is 8. The molecule has 0 radical (unpaired) electrons. The van der Waals surface area contributed by atoms with Gasteiger partial charge in [-0.15, -0.1) is 0 Å². The lowest BCUT2D eigenvalue weighted by Crippen LogP contribution is -2.54. The van der Waals surface area contributed by atoms with Gasteiger partial charge in [-0.25, -0.2) is 4.98 Å². The summed E-state index contributed by atoms with van der Waals surface area (Å²) in [6.07, 6.45) is 11.7. The molecule has 6 amide bonds. The first-order chi connectivity index (χ1) is 26.7. The van der Waals surface area contributed by atoms with Gasteiger partial charge in [0.15, 0.2) is 0 Å². The summed E-state index contributed by atoms with van der Waals surface area (Å²) in [6.45, 7) is 0.666. The van der Waals surface area contributed by atoms with Gasteiger partial charge in [0.2, 0.25) is 23.6 Å². The molecule has 14 nitrogen and oxygen atoms in total. The van der Waals surface area contributed by atoms with E-state index in [4.69, 9.17) is 19.9 Å². The Morgan fingerprint density at radius 3 is 2.35 bits per heavy atom. The van der Waals surface area contributed by atoms with Crippen molar-refractivity contribution >= 4 is 46.2 Å². The number of amides is 6. The fourth-order valence-corrected chi connectivity index (χ4v) is 7.12. The van der Waals surface area contributed by atoms with E-state index in [2.05, 4.69) is 27.5 Å². The molecule has 2 atom stereocenters. The summed E-state index contributed by atoms with van der Waals surface area (Å²) < 4.78 is 17.4. The highest BCUT2D eigenvalue weighted by Gasteiger charge is 2.46. The molecule has 1 aromatic heterocycles. The zero-order valence-electron chi connectivity index (χ0n) is 30.9. The third-order valence-electron chi connectivity index (χ3n) is 10.0. The van der Waals surface area contributed by atoms with Crippen LogP contribution < -0.4 is 30.6 Å². The smallest absolute Gasteiger partial charge is 0.266 e. The van der Waals surface area contributed by atoms with E-state index in [0.29, 0.717) is 59.6 Å². The van der Waals surface area contributed by atoms with E-state index in [0.717, 1.165) is 56.3 Å². The molecule has 0 spiro atoms. The summed E-state index contributed by atoms with van der Waals surface area (Å²) in [4.78, 5) is 79.4. The number of carbonyl (C=O) groups is 6. The van der Waals surface area contributed by atoms with Crippen molar-refractivity contribution in [1.29, 1.82) is 0 Å². The van der Waals surface area contributed by atoms with Crippen LogP contribution in [0.15, 0.2) is 36.5 Å². The average molecular weight is 752 g/mol. The Hall–Kier alpha value is -5.97. The molecular weight excluding hydrogens is 706 g/mol. The maximum Gasteiger partial charge on any atom is 0.266 e. The third-order valence-corrected chi connectivity index (χ3v) is 10.0. The zero-order valence-corrected chi connectivity index (χ0v) is 30.9. The summed E-state index contributed by atoms with van der Waals surface area (Å²) in [6, 6.07) is 7.11. The molecule has 2 saturated heterocycles. The minimum atomic E-state index is -1.02. The van der Waals surface area contributed by atoms with Gasteiger partial charge in [-0.3, -0.25) is 39.0 Å². The summed E-state index contributed by atoms with van der Waals surface area (Å²) >= 11 is 0. The number of nitrogens with two attached hydrogens (primary N) is 1. The number of primary amides is 1. The van der Waals surface area contributed by atoms with Crippen LogP contribution in [0.4, 0.5) is 0 Å². The number of fused-ring (bicyclic) bond motifs is 2. The standard InChI is InChI=1S/C41H45N5O9/c1-53-33-22-29-28(21-30(33)37(42)49)25(23-43-39(29)55-24-26-16-18-34(47)44-26)13-10-8-6-4-2-3-5-7-9-11-20-54-32-15-12-14-27-36(32)41(52)46(40(27)51)31-17-19-35(48)45-38(31)50/h12,14-15,21-23,26,31H,2-9,11,16-20,24H2,1H3,(H2,42,49)(H,44,47)(H,45,48,50). The van der Waals surface area contributed by atoms with Crippen LogP contribution in [0.5, 0.6) is 17.4 Å². The Bertz CT molecular complexity index is 2070. The van der Waals surface area contributed by atoms with Crippen LogP contribution in [0.1, 0.15) is 120 Å². The number of methoxy groups -OCH3 is 1. The van der Waals surface area contributed by atoms with E-state index in [1.165, 1.54) is 7.11 Å². The van der Waals surface area contributed by atoms with Crippen molar-refractivity contribution in [3.05, 3.63) is 58.8 Å². The highest BCUT2D eigenvalue weighted by atomic mass is 16.5. The van der Waals surface area contributed by atoms with Crippen LogP contribution in [-0.2, 0) is 14.4 Å². The number of hydrogen-bond donors (Lipinski definition) is 3. The van der Waals surface area contributed by atoms with Gasteiger partial charge in [0, 0.05) is 36.2 Å². The normalized spacial score (nSPS) is 17.8. The lowest BCUT2D eigenvalue weighted by atomic mass is 10.0. The van der Waals surface area contributed by atoms with E-state index in [9.17, 15) is 28.8 Å². The molecule has 2 unspecified atom stereocenters. The van der Waals surface area contributed by atoms with Crippen molar-refractivity contribution in [1.82, 2.24) is 20.5 Å². The van der Waals surface area contributed by atoms with E-state index >= 15 is 0 Å². The third kappa shape index (κ3) is 9.05. The number of benzene rings is 2. The molecule has 3 aliphatic rings. The number of carbonyl (C=O) groups excluding carboxylic acids is 6. The number of ether oxygens (including phenoxy) is 3. The van der Waals surface area contributed by atoms with Gasteiger partial charge in [0.1, 0.15) is 24.1 Å². The first-order valence-corrected chi connectivity index (χ1v) is 18.8. The Labute approximate surface area is 318 Å². The Kier molecular flexibility index (Phi) is 12.6. The number of nitrogens with one attached hydrogen (secondary N) is 2. The number of aromatic nitrogens is 1. The van der Waals surface area contributed by atoms with Crippen LogP contribution in [-0.4, -0.2) is 77.7 Å². The van der Waals surface area contributed by atoms with Crippen molar-refractivity contribution in [2.75, 3.05) is 20.3 Å². The molecule has 3 aromatic rings. The van der Waals surface area contributed by atoms with Crippen LogP contribution in [0.2, 0.25) is 0 Å². The summed E-state index contributed by atoms with van der Waals surface area (Å²) in [5, 5.41) is 6.41. The molecule has 288 valence electrons. The van der Waals surface area contributed by atoms with E-state index < -0.39 is 35.6 Å². The quantitative estimate of drug-likeness (QED) is 0.101. The predicted molar refractivity (Wildman–Crippen MR) is 201 cm³/mol. The van der Waals surface area contributed by atoms with Gasteiger partial charge in [0.05, 0.1) is 42.0 Å². The first-order valence-electron chi connectivity index (χ1n) is 18.8. The van der Waals surface area contributed by atoms with Crippen LogP contribution in [0.25, 0.3) is 10.8 Å². The lowest BCUT2D eigenvalue weighted by Gasteiger charge is -2.27. The van der Waals surface area contributed by atoms with Gasteiger partial charge < -0.3 is 25.3 Å². The summed E-state index contributed by atoms with van der Waals surface area (Å²) in [7, 11) is 1.46. The van der Waals surface area contributed by atoms with Crippen molar-refractivity contribution < 1.29 is 43.0 Å². The van der Waals surface area contributed by atoms with E-state index in [1.807, 2.05) is 0 Å². The number of rotatable bonds is 17. The molecular formula is C41H45N5O9. The molecule has 3 aliphatic heterocycles. The molecule has 55 heavy (non-hydrogen) atoms. The second kappa shape index (κ2) is 17.9. The molecule has 6 rings (SSSR count). The Morgan fingerprint density at radius 2 is 1.64 bits per heavy atom. The number of piperidine rings is 1. The fourth-order valence-electron chi connectivity index (χ4n) is 7.12. The minimum Gasteiger partial charge on any atom is -0.496 e. The van der Waals surface area contributed by atoms with Gasteiger partial charge >= 0.3 is 0 Å². The van der Waals surface area contributed by atoms with Crippen LogP contribution in [0.3, 0.4) is 0 Å². The topological polar surface area (TPSA) is 196 Å². The number of imide groups is 2. The molecule has 2 aromatic carbocycles. The zero-order chi connectivity index (χ0) is 38.9. The molecule has 0 aliphatic carbocycles.